The molecule has 96 valence electrons. The van der Waals surface area contributed by atoms with Crippen LogP contribution in [0.3, 0.4) is 0 Å². The van der Waals surface area contributed by atoms with E-state index in [2.05, 4.69) is 22.5 Å². The number of rotatable bonds is 6. The summed E-state index contributed by atoms with van der Waals surface area (Å²) in [7, 11) is -3.46. The minimum Gasteiger partial charge on any atom is -0.206 e. The third-order valence-corrected chi connectivity index (χ3v) is 6.81. The molecule has 0 aliphatic carbocycles. The molecule has 17 heavy (non-hydrogen) atoms. The van der Waals surface area contributed by atoms with Gasteiger partial charge in [-0.15, -0.1) is 17.9 Å². The molecule has 0 saturated carbocycles. The van der Waals surface area contributed by atoms with Crippen molar-refractivity contribution >= 4 is 48.9 Å². The summed E-state index contributed by atoms with van der Waals surface area (Å²) in [4.78, 5) is 0. The Morgan fingerprint density at radius 3 is 2.71 bits per heavy atom. The molecular formula is C10H13BrClNO2S2. The molecule has 0 N–H and O–H groups in total. The summed E-state index contributed by atoms with van der Waals surface area (Å²) in [6.45, 7) is 6.29. The van der Waals surface area contributed by atoms with Gasteiger partial charge < -0.3 is 0 Å². The van der Waals surface area contributed by atoms with Crippen molar-refractivity contribution in [1.82, 2.24) is 4.31 Å². The molecular weight excluding hydrogens is 346 g/mol. The smallest absolute Gasteiger partial charge is 0.206 e. The second-order valence-electron chi connectivity index (χ2n) is 3.34. The molecule has 7 heteroatoms. The Bertz CT molecular complexity index is 479. The Morgan fingerprint density at radius 1 is 1.65 bits per heavy atom. The van der Waals surface area contributed by atoms with E-state index in [1.165, 1.54) is 10.4 Å². The summed E-state index contributed by atoms with van der Waals surface area (Å²) in [5.74, 6) is 0. The molecule has 1 rings (SSSR count). The zero-order valence-corrected chi connectivity index (χ0v) is 13.3. The van der Waals surface area contributed by atoms with E-state index in [1.807, 2.05) is 6.92 Å². The average molecular weight is 359 g/mol. The third-order valence-electron chi connectivity index (χ3n) is 2.02. The average Bonchev–Trinajstić information content (AvgIpc) is 2.59. The molecule has 0 aliphatic rings. The van der Waals surface area contributed by atoms with Crippen LogP contribution in [0, 0.1) is 0 Å². The zero-order chi connectivity index (χ0) is 13.1. The highest BCUT2D eigenvalue weighted by Gasteiger charge is 2.25. The minimum atomic E-state index is -3.46. The molecule has 0 amide bonds. The number of halogens is 2. The molecule has 1 aromatic rings. The molecule has 3 nitrogen and oxygen atoms in total. The predicted molar refractivity (Wildman–Crippen MR) is 76.3 cm³/mol. The van der Waals surface area contributed by atoms with E-state index in [-0.39, 0.29) is 4.21 Å². The highest BCUT2D eigenvalue weighted by molar-refractivity contribution is 9.11. The van der Waals surface area contributed by atoms with Crippen LogP contribution in [0.15, 0.2) is 26.7 Å². The molecule has 0 fully saturated rings. The van der Waals surface area contributed by atoms with Gasteiger partial charge in [0, 0.05) is 13.1 Å². The summed E-state index contributed by atoms with van der Waals surface area (Å²) >= 11 is 10.2. The van der Waals surface area contributed by atoms with E-state index in [4.69, 9.17) is 11.6 Å². The van der Waals surface area contributed by atoms with Crippen LogP contribution in [0.2, 0.25) is 5.02 Å². The Balaban J connectivity index is 3.10. The van der Waals surface area contributed by atoms with Gasteiger partial charge in [-0.25, -0.2) is 8.42 Å². The summed E-state index contributed by atoms with van der Waals surface area (Å²) in [5, 5.41) is 0.420. The van der Waals surface area contributed by atoms with Crippen LogP contribution < -0.4 is 0 Å². The maximum atomic E-state index is 12.3. The van der Waals surface area contributed by atoms with Crippen molar-refractivity contribution in [3.63, 3.8) is 0 Å². The number of thiophene rings is 1. The Labute approximate surface area is 119 Å². The van der Waals surface area contributed by atoms with Crippen LogP contribution in [0.5, 0.6) is 0 Å². The maximum absolute atomic E-state index is 12.3. The van der Waals surface area contributed by atoms with E-state index < -0.39 is 10.0 Å². The van der Waals surface area contributed by atoms with E-state index in [9.17, 15) is 8.42 Å². The van der Waals surface area contributed by atoms with Gasteiger partial charge in [-0.3, -0.25) is 0 Å². The lowest BCUT2D eigenvalue weighted by molar-refractivity contribution is 0.443. The Morgan fingerprint density at radius 2 is 2.29 bits per heavy atom. The number of sulfonamides is 1. The third kappa shape index (κ3) is 3.54. The number of hydrogen-bond acceptors (Lipinski definition) is 3. The van der Waals surface area contributed by atoms with Crippen LogP contribution in [0.4, 0.5) is 0 Å². The molecule has 0 aliphatic heterocycles. The van der Waals surface area contributed by atoms with Gasteiger partial charge in [0.2, 0.25) is 0 Å². The van der Waals surface area contributed by atoms with E-state index in [0.29, 0.717) is 21.9 Å². The maximum Gasteiger partial charge on any atom is 0.252 e. The van der Waals surface area contributed by atoms with Gasteiger partial charge in [-0.05, 0) is 28.4 Å². The SMILES string of the molecule is C=CCN(CCC)S(=O)(=O)c1cc(Cl)c(Br)s1. The van der Waals surface area contributed by atoms with E-state index >= 15 is 0 Å². The van der Waals surface area contributed by atoms with E-state index in [0.717, 1.165) is 17.8 Å². The lowest BCUT2D eigenvalue weighted by Gasteiger charge is -2.18. The molecule has 0 unspecified atom stereocenters. The van der Waals surface area contributed by atoms with Gasteiger partial charge in [-0.2, -0.15) is 4.31 Å². The fourth-order valence-corrected chi connectivity index (χ4v) is 5.34. The Kier molecular flexibility index (Phi) is 5.66. The first-order valence-electron chi connectivity index (χ1n) is 4.99. The highest BCUT2D eigenvalue weighted by Crippen LogP contribution is 2.35. The van der Waals surface area contributed by atoms with Crippen molar-refractivity contribution in [2.24, 2.45) is 0 Å². The fourth-order valence-electron chi connectivity index (χ4n) is 1.28. The molecule has 0 saturated heterocycles. The lowest BCUT2D eigenvalue weighted by Crippen LogP contribution is -2.31. The predicted octanol–water partition coefficient (Wildman–Crippen LogP) is 3.75. The summed E-state index contributed by atoms with van der Waals surface area (Å²) in [5.41, 5.74) is 0. The van der Waals surface area contributed by atoms with Crippen molar-refractivity contribution < 1.29 is 8.42 Å². The van der Waals surface area contributed by atoms with Crippen LogP contribution in [0.1, 0.15) is 13.3 Å². The van der Waals surface area contributed by atoms with Crippen LogP contribution in [0.25, 0.3) is 0 Å². The van der Waals surface area contributed by atoms with Crippen molar-refractivity contribution in [2.75, 3.05) is 13.1 Å². The Hall–Kier alpha value is 0.120. The second-order valence-corrected chi connectivity index (χ2v) is 8.28. The van der Waals surface area contributed by atoms with E-state index in [1.54, 1.807) is 6.08 Å². The van der Waals surface area contributed by atoms with Crippen LogP contribution in [-0.2, 0) is 10.0 Å². The van der Waals surface area contributed by atoms with Gasteiger partial charge >= 0.3 is 0 Å². The largest absolute Gasteiger partial charge is 0.252 e. The van der Waals surface area contributed by atoms with Crippen LogP contribution >= 0.6 is 38.9 Å². The fraction of sp³-hybridized carbons (Fsp3) is 0.400. The van der Waals surface area contributed by atoms with Gasteiger partial charge in [0.05, 0.1) is 8.81 Å². The first kappa shape index (κ1) is 15.2. The number of hydrogen-bond donors (Lipinski definition) is 0. The molecule has 0 atom stereocenters. The summed E-state index contributed by atoms with van der Waals surface area (Å²) in [6, 6.07) is 1.47. The van der Waals surface area contributed by atoms with Crippen molar-refractivity contribution in [1.29, 1.82) is 0 Å². The summed E-state index contributed by atoms with van der Waals surface area (Å²) in [6.07, 6.45) is 2.34. The summed E-state index contributed by atoms with van der Waals surface area (Å²) < 4.78 is 26.9. The number of nitrogens with zero attached hydrogens (tertiary/aromatic N) is 1. The minimum absolute atomic E-state index is 0.254. The molecule has 1 aromatic heterocycles. The molecule has 0 bridgehead atoms. The first-order valence-corrected chi connectivity index (χ1v) is 8.42. The highest BCUT2D eigenvalue weighted by atomic mass is 79.9. The zero-order valence-electron chi connectivity index (χ0n) is 9.32. The topological polar surface area (TPSA) is 37.4 Å². The van der Waals surface area contributed by atoms with Crippen molar-refractivity contribution in [2.45, 2.75) is 17.6 Å². The monoisotopic (exact) mass is 357 g/mol. The van der Waals surface area contributed by atoms with Gasteiger partial charge in [0.1, 0.15) is 4.21 Å². The molecule has 0 spiro atoms. The molecule has 0 radical (unpaired) electrons. The van der Waals surface area contributed by atoms with Gasteiger partial charge in [0.25, 0.3) is 10.0 Å². The van der Waals surface area contributed by atoms with Gasteiger partial charge in [0.15, 0.2) is 0 Å². The molecule has 1 heterocycles. The standard InChI is InChI=1S/C10H13BrClNO2S2/c1-3-5-13(6-4-2)17(14,15)9-7-8(12)10(11)16-9/h3,7H,1,4-6H2,2H3. The van der Waals surface area contributed by atoms with Crippen LogP contribution in [-0.4, -0.2) is 25.8 Å². The first-order chi connectivity index (χ1) is 7.93. The quantitative estimate of drug-likeness (QED) is 0.726. The molecule has 0 aromatic carbocycles. The van der Waals surface area contributed by atoms with Gasteiger partial charge in [-0.1, -0.05) is 24.6 Å². The van der Waals surface area contributed by atoms with Crippen molar-refractivity contribution in [3.8, 4) is 0 Å². The normalized spacial score (nSPS) is 12.0. The lowest BCUT2D eigenvalue weighted by atomic mass is 10.5. The second kappa shape index (κ2) is 6.33. The van der Waals surface area contributed by atoms with Crippen molar-refractivity contribution in [3.05, 3.63) is 27.5 Å².